The van der Waals surface area contributed by atoms with E-state index in [0.29, 0.717) is 11.5 Å². The third kappa shape index (κ3) is 2.53. The quantitative estimate of drug-likeness (QED) is 0.873. The van der Waals surface area contributed by atoms with Crippen LogP contribution in [-0.2, 0) is 0 Å². The summed E-state index contributed by atoms with van der Waals surface area (Å²) in [5.74, 6) is 1.25. The zero-order valence-corrected chi connectivity index (χ0v) is 11.2. The molecule has 0 aliphatic rings. The molecule has 1 amide bonds. The molecule has 2 aromatic rings. The lowest BCUT2D eigenvalue weighted by Crippen LogP contribution is -2.29. The average molecular weight is 245 g/mol. The maximum atomic E-state index is 11.9. The van der Waals surface area contributed by atoms with Gasteiger partial charge in [-0.1, -0.05) is 13.8 Å². The number of nitrogens with zero attached hydrogens (tertiary/aromatic N) is 1. The predicted molar refractivity (Wildman–Crippen MR) is 72.8 cm³/mol. The van der Waals surface area contributed by atoms with Gasteiger partial charge in [0.2, 0.25) is 0 Å². The van der Waals surface area contributed by atoms with E-state index in [1.165, 1.54) is 0 Å². The van der Waals surface area contributed by atoms with E-state index in [-0.39, 0.29) is 11.9 Å². The fourth-order valence-corrected chi connectivity index (χ4v) is 1.79. The summed E-state index contributed by atoms with van der Waals surface area (Å²) in [6.07, 6.45) is 0. The van der Waals surface area contributed by atoms with Gasteiger partial charge in [-0.05, 0) is 32.0 Å². The molecule has 1 heterocycles. The van der Waals surface area contributed by atoms with Crippen molar-refractivity contribution in [1.29, 1.82) is 0 Å². The first-order chi connectivity index (χ1) is 8.47. The number of H-pyrrole nitrogens is 1. The van der Waals surface area contributed by atoms with Crippen molar-refractivity contribution in [2.24, 2.45) is 0 Å². The maximum Gasteiger partial charge on any atom is 0.251 e. The monoisotopic (exact) mass is 245 g/mol. The Hall–Kier alpha value is -1.84. The molecule has 4 heteroatoms. The zero-order valence-electron chi connectivity index (χ0n) is 11.2. The molecule has 0 aliphatic carbocycles. The molecule has 0 spiro atoms. The van der Waals surface area contributed by atoms with E-state index >= 15 is 0 Å². The van der Waals surface area contributed by atoms with Gasteiger partial charge in [-0.3, -0.25) is 4.79 Å². The van der Waals surface area contributed by atoms with E-state index in [2.05, 4.69) is 29.1 Å². The second-order valence-electron chi connectivity index (χ2n) is 5.14. The molecule has 96 valence electrons. The number of nitrogens with one attached hydrogen (secondary N) is 2. The van der Waals surface area contributed by atoms with Gasteiger partial charge in [-0.15, -0.1) is 0 Å². The number of benzene rings is 1. The predicted octanol–water partition coefficient (Wildman–Crippen LogP) is 2.82. The van der Waals surface area contributed by atoms with Gasteiger partial charge in [0, 0.05) is 17.5 Å². The largest absolute Gasteiger partial charge is 0.350 e. The van der Waals surface area contributed by atoms with E-state index in [9.17, 15) is 4.79 Å². The highest BCUT2D eigenvalue weighted by Crippen LogP contribution is 2.18. The standard InChI is InChI=1S/C14H19N3O/c1-8(2)13-16-11-6-5-10(7-12(11)17-13)14(18)15-9(3)4/h5-9H,1-4H3,(H,15,18)(H,16,17). The van der Waals surface area contributed by atoms with Crippen LogP contribution in [0.4, 0.5) is 0 Å². The molecule has 0 aliphatic heterocycles. The first-order valence-electron chi connectivity index (χ1n) is 6.28. The van der Waals surface area contributed by atoms with Crippen LogP contribution >= 0.6 is 0 Å². The van der Waals surface area contributed by atoms with E-state index in [1.807, 2.05) is 32.0 Å². The maximum absolute atomic E-state index is 11.9. The van der Waals surface area contributed by atoms with Crippen LogP contribution in [-0.4, -0.2) is 21.9 Å². The molecule has 18 heavy (non-hydrogen) atoms. The van der Waals surface area contributed by atoms with Gasteiger partial charge >= 0.3 is 0 Å². The third-order valence-electron chi connectivity index (χ3n) is 2.73. The second kappa shape index (κ2) is 4.80. The summed E-state index contributed by atoms with van der Waals surface area (Å²) in [5.41, 5.74) is 2.48. The molecule has 0 saturated carbocycles. The Morgan fingerprint density at radius 1 is 1.28 bits per heavy atom. The van der Waals surface area contributed by atoms with Gasteiger partial charge in [0.1, 0.15) is 5.82 Å². The topological polar surface area (TPSA) is 57.8 Å². The van der Waals surface area contributed by atoms with Gasteiger partial charge in [-0.2, -0.15) is 0 Å². The molecule has 2 rings (SSSR count). The molecule has 2 N–H and O–H groups in total. The minimum atomic E-state index is -0.0485. The van der Waals surface area contributed by atoms with Crippen LogP contribution in [0.1, 0.15) is 49.8 Å². The number of rotatable bonds is 3. The average Bonchev–Trinajstić information content (AvgIpc) is 2.70. The van der Waals surface area contributed by atoms with Crippen molar-refractivity contribution in [1.82, 2.24) is 15.3 Å². The van der Waals surface area contributed by atoms with Crippen molar-refractivity contribution < 1.29 is 4.79 Å². The van der Waals surface area contributed by atoms with E-state index in [4.69, 9.17) is 0 Å². The van der Waals surface area contributed by atoms with Gasteiger partial charge in [0.25, 0.3) is 5.91 Å². The van der Waals surface area contributed by atoms with Crippen LogP contribution in [0.3, 0.4) is 0 Å². The summed E-state index contributed by atoms with van der Waals surface area (Å²) in [6.45, 7) is 8.07. The Bertz CT molecular complexity index is 569. The van der Waals surface area contributed by atoms with Crippen LogP contribution < -0.4 is 5.32 Å². The number of aromatic amines is 1. The van der Waals surface area contributed by atoms with E-state index in [1.54, 1.807) is 0 Å². The van der Waals surface area contributed by atoms with Crippen LogP contribution in [0.15, 0.2) is 18.2 Å². The minimum absolute atomic E-state index is 0.0485. The molecule has 0 bridgehead atoms. The molecule has 4 nitrogen and oxygen atoms in total. The van der Waals surface area contributed by atoms with Crippen molar-refractivity contribution in [3.63, 3.8) is 0 Å². The lowest BCUT2D eigenvalue weighted by molar-refractivity contribution is 0.0943. The van der Waals surface area contributed by atoms with Crippen molar-refractivity contribution in [2.75, 3.05) is 0 Å². The molecule has 0 saturated heterocycles. The first kappa shape index (κ1) is 12.6. The van der Waals surface area contributed by atoms with Crippen molar-refractivity contribution in [2.45, 2.75) is 39.7 Å². The lowest BCUT2D eigenvalue weighted by atomic mass is 10.2. The Morgan fingerprint density at radius 3 is 2.61 bits per heavy atom. The van der Waals surface area contributed by atoms with Gasteiger partial charge in [0.15, 0.2) is 0 Å². The van der Waals surface area contributed by atoms with Crippen LogP contribution in [0.5, 0.6) is 0 Å². The minimum Gasteiger partial charge on any atom is -0.350 e. The molecular weight excluding hydrogens is 226 g/mol. The summed E-state index contributed by atoms with van der Waals surface area (Å²) in [6, 6.07) is 5.69. The lowest BCUT2D eigenvalue weighted by Gasteiger charge is -2.07. The van der Waals surface area contributed by atoms with Crippen molar-refractivity contribution >= 4 is 16.9 Å². The summed E-state index contributed by atoms with van der Waals surface area (Å²) < 4.78 is 0. The number of aromatic nitrogens is 2. The van der Waals surface area contributed by atoms with Crippen LogP contribution in [0, 0.1) is 0 Å². The fraction of sp³-hybridized carbons (Fsp3) is 0.429. The molecule has 0 unspecified atom stereocenters. The molecule has 0 atom stereocenters. The van der Waals surface area contributed by atoms with Gasteiger partial charge in [-0.25, -0.2) is 4.98 Å². The Balaban J connectivity index is 2.35. The summed E-state index contributed by atoms with van der Waals surface area (Å²) in [7, 11) is 0. The highest BCUT2D eigenvalue weighted by atomic mass is 16.1. The molecule has 1 aromatic heterocycles. The number of carbonyl (C=O) groups excluding carboxylic acids is 1. The Kier molecular flexibility index (Phi) is 3.36. The highest BCUT2D eigenvalue weighted by molar-refractivity contribution is 5.97. The normalized spacial score (nSPS) is 11.4. The van der Waals surface area contributed by atoms with Crippen LogP contribution in [0.2, 0.25) is 0 Å². The van der Waals surface area contributed by atoms with E-state index < -0.39 is 0 Å². The number of amides is 1. The molecule has 1 aromatic carbocycles. The fourth-order valence-electron chi connectivity index (χ4n) is 1.79. The smallest absolute Gasteiger partial charge is 0.251 e. The van der Waals surface area contributed by atoms with Gasteiger partial charge < -0.3 is 10.3 Å². The molecule has 0 radical (unpaired) electrons. The number of hydrogen-bond donors (Lipinski definition) is 2. The zero-order chi connectivity index (χ0) is 13.3. The van der Waals surface area contributed by atoms with Crippen molar-refractivity contribution in [3.05, 3.63) is 29.6 Å². The molecular formula is C14H19N3O. The summed E-state index contributed by atoms with van der Waals surface area (Å²) in [4.78, 5) is 19.6. The number of carbonyl (C=O) groups is 1. The van der Waals surface area contributed by atoms with Crippen molar-refractivity contribution in [3.8, 4) is 0 Å². The highest BCUT2D eigenvalue weighted by Gasteiger charge is 2.10. The molecule has 0 fully saturated rings. The van der Waals surface area contributed by atoms with Gasteiger partial charge in [0.05, 0.1) is 11.0 Å². The number of hydrogen-bond acceptors (Lipinski definition) is 2. The first-order valence-corrected chi connectivity index (χ1v) is 6.28. The second-order valence-corrected chi connectivity index (χ2v) is 5.14. The SMILES string of the molecule is CC(C)NC(=O)c1ccc2nc(C(C)C)[nH]c2c1. The Labute approximate surface area is 107 Å². The Morgan fingerprint density at radius 2 is 2.00 bits per heavy atom. The van der Waals surface area contributed by atoms with E-state index in [0.717, 1.165) is 16.9 Å². The van der Waals surface area contributed by atoms with Crippen LogP contribution in [0.25, 0.3) is 11.0 Å². The number of fused-ring (bicyclic) bond motifs is 1. The summed E-state index contributed by atoms with van der Waals surface area (Å²) in [5, 5.41) is 2.88. The summed E-state index contributed by atoms with van der Waals surface area (Å²) >= 11 is 0. The third-order valence-corrected chi connectivity index (χ3v) is 2.73. The number of imidazole rings is 1.